The average Bonchev–Trinajstić information content (AvgIpc) is 3.27. The molecule has 0 saturated carbocycles. The van der Waals surface area contributed by atoms with Crippen LogP contribution in [0.2, 0.25) is 0 Å². The minimum Gasteiger partial charge on any atom is -0.509 e. The standard InChI is InChI=1S/C19H19N5OS/c20-10-13-4-6-14(7-5-13)15-12-26-19(22-15)17-16(25)11-24(18(17)21)23-8-2-1-3-9-23/h4-7,12,21,25H,1-3,8-9,11H2. The lowest BCUT2D eigenvalue weighted by Gasteiger charge is -2.35. The van der Waals surface area contributed by atoms with Gasteiger partial charge in [-0.15, -0.1) is 11.3 Å². The third kappa shape index (κ3) is 2.98. The molecule has 2 aliphatic heterocycles. The molecule has 3 heterocycles. The van der Waals surface area contributed by atoms with E-state index in [1.807, 2.05) is 22.5 Å². The van der Waals surface area contributed by atoms with E-state index in [0.29, 0.717) is 28.5 Å². The summed E-state index contributed by atoms with van der Waals surface area (Å²) in [6.45, 7) is 2.20. The first-order valence-electron chi connectivity index (χ1n) is 8.67. The predicted octanol–water partition coefficient (Wildman–Crippen LogP) is 3.64. The fourth-order valence-corrected chi connectivity index (χ4v) is 4.28. The van der Waals surface area contributed by atoms with Crippen LogP contribution in [0, 0.1) is 16.7 Å². The van der Waals surface area contributed by atoms with Crippen LogP contribution in [-0.4, -0.2) is 45.6 Å². The zero-order chi connectivity index (χ0) is 18.1. The van der Waals surface area contributed by atoms with Crippen LogP contribution < -0.4 is 0 Å². The minimum absolute atomic E-state index is 0.210. The molecule has 4 rings (SSSR count). The highest BCUT2D eigenvalue weighted by Crippen LogP contribution is 2.33. The zero-order valence-electron chi connectivity index (χ0n) is 14.3. The van der Waals surface area contributed by atoms with Gasteiger partial charge in [0.05, 0.1) is 29.4 Å². The van der Waals surface area contributed by atoms with Gasteiger partial charge in [0, 0.05) is 24.0 Å². The number of hydrogen-bond donors (Lipinski definition) is 2. The normalized spacial score (nSPS) is 18.4. The number of benzene rings is 1. The molecule has 0 atom stereocenters. The second-order valence-corrected chi connectivity index (χ2v) is 7.33. The molecule has 0 unspecified atom stereocenters. The predicted molar refractivity (Wildman–Crippen MR) is 102 cm³/mol. The van der Waals surface area contributed by atoms with Crippen molar-refractivity contribution in [2.45, 2.75) is 19.3 Å². The Kier molecular flexibility index (Phi) is 4.45. The molecule has 0 aliphatic carbocycles. The van der Waals surface area contributed by atoms with E-state index in [4.69, 9.17) is 10.7 Å². The van der Waals surface area contributed by atoms with E-state index in [1.165, 1.54) is 17.8 Å². The molecule has 1 aromatic carbocycles. The van der Waals surface area contributed by atoms with Gasteiger partial charge < -0.3 is 5.11 Å². The summed E-state index contributed by atoms with van der Waals surface area (Å²) in [5.74, 6) is 0.534. The molecule has 26 heavy (non-hydrogen) atoms. The van der Waals surface area contributed by atoms with E-state index in [-0.39, 0.29) is 5.76 Å². The van der Waals surface area contributed by atoms with Crippen LogP contribution in [0.25, 0.3) is 16.8 Å². The Labute approximate surface area is 156 Å². The third-order valence-electron chi connectivity index (χ3n) is 4.78. The SMILES string of the molecule is N#Cc1ccc(-c2csc(C3=C(O)CN(N4CCCCC4)C3=N)n2)cc1. The molecular weight excluding hydrogens is 346 g/mol. The number of rotatable bonds is 3. The van der Waals surface area contributed by atoms with Crippen LogP contribution in [0.5, 0.6) is 0 Å². The first-order chi connectivity index (χ1) is 12.7. The first-order valence-corrected chi connectivity index (χ1v) is 9.55. The maximum atomic E-state index is 10.5. The lowest BCUT2D eigenvalue weighted by atomic mass is 10.1. The summed E-state index contributed by atoms with van der Waals surface area (Å²) in [5, 5.41) is 34.5. The number of nitriles is 1. The van der Waals surface area contributed by atoms with Crippen molar-refractivity contribution in [2.75, 3.05) is 19.6 Å². The number of thiazole rings is 1. The Bertz CT molecular complexity index is 903. The number of hydrazine groups is 1. The summed E-state index contributed by atoms with van der Waals surface area (Å²) >= 11 is 1.43. The Morgan fingerprint density at radius 3 is 2.58 bits per heavy atom. The van der Waals surface area contributed by atoms with Crippen molar-refractivity contribution in [3.8, 4) is 17.3 Å². The Morgan fingerprint density at radius 2 is 1.88 bits per heavy atom. The monoisotopic (exact) mass is 365 g/mol. The fraction of sp³-hybridized carbons (Fsp3) is 0.316. The van der Waals surface area contributed by atoms with Gasteiger partial charge in [-0.3, -0.25) is 10.4 Å². The van der Waals surface area contributed by atoms with Crippen molar-refractivity contribution in [2.24, 2.45) is 0 Å². The number of amidine groups is 1. The van der Waals surface area contributed by atoms with Gasteiger partial charge in [-0.25, -0.2) is 9.99 Å². The van der Waals surface area contributed by atoms with Crippen LogP contribution in [-0.2, 0) is 0 Å². The minimum atomic E-state index is 0.210. The molecule has 7 heteroatoms. The Balaban J connectivity index is 1.57. The van der Waals surface area contributed by atoms with E-state index in [2.05, 4.69) is 16.1 Å². The quantitative estimate of drug-likeness (QED) is 0.867. The first kappa shape index (κ1) is 16.8. The lowest BCUT2D eigenvalue weighted by molar-refractivity contribution is 0.0312. The number of aliphatic hydroxyl groups excluding tert-OH is 1. The van der Waals surface area contributed by atoms with Crippen molar-refractivity contribution in [1.82, 2.24) is 15.0 Å². The molecule has 2 aliphatic rings. The number of aliphatic hydroxyl groups is 1. The fourth-order valence-electron chi connectivity index (χ4n) is 3.39. The zero-order valence-corrected chi connectivity index (χ0v) is 15.1. The number of nitrogens with one attached hydrogen (secondary N) is 1. The van der Waals surface area contributed by atoms with Gasteiger partial charge in [0.1, 0.15) is 16.6 Å². The smallest absolute Gasteiger partial charge is 0.149 e. The number of nitrogens with zero attached hydrogens (tertiary/aromatic N) is 4. The van der Waals surface area contributed by atoms with Crippen molar-refractivity contribution < 1.29 is 5.11 Å². The number of hydrogen-bond acceptors (Lipinski definition) is 6. The molecule has 1 fully saturated rings. The highest BCUT2D eigenvalue weighted by Gasteiger charge is 2.34. The molecule has 0 bridgehead atoms. The van der Waals surface area contributed by atoms with Crippen molar-refractivity contribution in [1.29, 1.82) is 10.7 Å². The molecular formula is C19H19N5OS. The summed E-state index contributed by atoms with van der Waals surface area (Å²) < 4.78 is 0. The van der Waals surface area contributed by atoms with Gasteiger partial charge in [-0.05, 0) is 25.0 Å². The largest absolute Gasteiger partial charge is 0.509 e. The molecule has 0 amide bonds. The third-order valence-corrected chi connectivity index (χ3v) is 5.64. The average molecular weight is 365 g/mol. The Hall–Kier alpha value is -2.69. The van der Waals surface area contributed by atoms with Gasteiger partial charge >= 0.3 is 0 Å². The Morgan fingerprint density at radius 1 is 1.15 bits per heavy atom. The highest BCUT2D eigenvalue weighted by atomic mass is 32.1. The summed E-state index contributed by atoms with van der Waals surface area (Å²) in [5.41, 5.74) is 2.85. The van der Waals surface area contributed by atoms with Gasteiger partial charge in [-0.2, -0.15) is 5.26 Å². The summed E-state index contributed by atoms with van der Waals surface area (Å²) in [4.78, 5) is 4.63. The van der Waals surface area contributed by atoms with Crippen LogP contribution in [0.3, 0.4) is 0 Å². The second-order valence-electron chi connectivity index (χ2n) is 6.47. The molecule has 0 radical (unpaired) electrons. The molecule has 132 valence electrons. The van der Waals surface area contributed by atoms with Crippen LogP contribution in [0.1, 0.15) is 29.8 Å². The van der Waals surface area contributed by atoms with E-state index in [0.717, 1.165) is 37.2 Å². The molecule has 2 aromatic rings. The summed E-state index contributed by atoms with van der Waals surface area (Å²) in [6, 6.07) is 9.37. The van der Waals surface area contributed by atoms with Crippen molar-refractivity contribution in [3.63, 3.8) is 0 Å². The van der Waals surface area contributed by atoms with E-state index >= 15 is 0 Å². The second kappa shape index (κ2) is 6.90. The number of piperidine rings is 1. The van der Waals surface area contributed by atoms with Gasteiger partial charge in [0.25, 0.3) is 0 Å². The van der Waals surface area contributed by atoms with Crippen LogP contribution in [0.4, 0.5) is 0 Å². The van der Waals surface area contributed by atoms with Crippen molar-refractivity contribution >= 4 is 22.7 Å². The summed E-state index contributed by atoms with van der Waals surface area (Å²) in [6.07, 6.45) is 3.48. The highest BCUT2D eigenvalue weighted by molar-refractivity contribution is 7.11. The van der Waals surface area contributed by atoms with E-state index < -0.39 is 0 Å². The van der Waals surface area contributed by atoms with E-state index in [9.17, 15) is 5.11 Å². The molecule has 1 aromatic heterocycles. The molecule has 0 spiro atoms. The summed E-state index contributed by atoms with van der Waals surface area (Å²) in [7, 11) is 0. The van der Waals surface area contributed by atoms with Crippen molar-refractivity contribution in [3.05, 3.63) is 46.0 Å². The maximum absolute atomic E-state index is 10.5. The van der Waals surface area contributed by atoms with Crippen LogP contribution in [0.15, 0.2) is 35.4 Å². The van der Waals surface area contributed by atoms with Crippen LogP contribution >= 0.6 is 11.3 Å². The molecule has 1 saturated heterocycles. The van der Waals surface area contributed by atoms with Gasteiger partial charge in [-0.1, -0.05) is 18.6 Å². The number of aromatic nitrogens is 1. The van der Waals surface area contributed by atoms with Gasteiger partial charge in [0.2, 0.25) is 0 Å². The lowest BCUT2D eigenvalue weighted by Crippen LogP contribution is -2.46. The van der Waals surface area contributed by atoms with E-state index in [1.54, 1.807) is 12.1 Å². The molecule has 6 nitrogen and oxygen atoms in total. The van der Waals surface area contributed by atoms with Gasteiger partial charge in [0.15, 0.2) is 0 Å². The topological polar surface area (TPSA) is 87.2 Å². The molecule has 2 N–H and O–H groups in total. The maximum Gasteiger partial charge on any atom is 0.149 e.